The fourth-order valence-corrected chi connectivity index (χ4v) is 8.24. The Balaban J connectivity index is 0.000000204. The normalized spacial score (nSPS) is 13.3. The van der Waals surface area contributed by atoms with Crippen LogP contribution in [0.2, 0.25) is 0 Å². The van der Waals surface area contributed by atoms with Crippen LogP contribution >= 0.6 is 0 Å². The van der Waals surface area contributed by atoms with Crippen LogP contribution in [-0.4, -0.2) is 134 Å². The van der Waals surface area contributed by atoms with Crippen molar-refractivity contribution in [3.63, 3.8) is 0 Å². The lowest BCUT2D eigenvalue weighted by atomic mass is 9.99. The molecule has 0 spiro atoms. The number of aliphatic carboxylic acids is 2. The molecule has 8 rings (SSSR count). The summed E-state index contributed by atoms with van der Waals surface area (Å²) in [4.78, 5) is 66.3. The third-order valence-corrected chi connectivity index (χ3v) is 12.1. The van der Waals surface area contributed by atoms with E-state index in [2.05, 4.69) is 91.0 Å². The number of aromatic nitrogens is 8. The van der Waals surface area contributed by atoms with Gasteiger partial charge in [0.05, 0.1) is 59.6 Å². The Morgan fingerprint density at radius 1 is 0.608 bits per heavy atom. The second-order valence-electron chi connectivity index (χ2n) is 19.1. The van der Waals surface area contributed by atoms with E-state index >= 15 is 0 Å². The van der Waals surface area contributed by atoms with E-state index < -0.39 is 11.9 Å². The van der Waals surface area contributed by atoms with Gasteiger partial charge in [0, 0.05) is 102 Å². The monoisotopic (exact) mass is 1010 g/mol. The molecule has 2 aliphatic rings. The van der Waals surface area contributed by atoms with Gasteiger partial charge in [-0.1, -0.05) is 24.3 Å². The van der Waals surface area contributed by atoms with Crippen molar-refractivity contribution in [2.45, 2.75) is 117 Å². The number of hydrogen-bond acceptors (Lipinski definition) is 14. The molecule has 2 fully saturated rings. The van der Waals surface area contributed by atoms with Gasteiger partial charge in [0.2, 0.25) is 23.7 Å². The lowest BCUT2D eigenvalue weighted by molar-refractivity contribution is -0.148. The van der Waals surface area contributed by atoms with E-state index in [4.69, 9.17) is 19.7 Å². The number of rotatable bonds is 21. The first-order chi connectivity index (χ1) is 35.4. The zero-order valence-corrected chi connectivity index (χ0v) is 43.7. The first-order valence-electron chi connectivity index (χ1n) is 25.0. The first-order valence-corrected chi connectivity index (χ1v) is 25.0. The Hall–Kier alpha value is -7.58. The van der Waals surface area contributed by atoms with Crippen LogP contribution in [-0.2, 0) is 55.6 Å². The highest BCUT2D eigenvalue weighted by molar-refractivity contribution is 5.78. The van der Waals surface area contributed by atoms with Crippen LogP contribution in [0.4, 0.5) is 23.3 Å². The minimum absolute atomic E-state index is 0.0628. The Morgan fingerprint density at radius 3 is 1.32 bits per heavy atom. The van der Waals surface area contributed by atoms with E-state index in [9.17, 15) is 19.2 Å². The second kappa shape index (κ2) is 26.9. The van der Waals surface area contributed by atoms with Gasteiger partial charge >= 0.3 is 11.9 Å². The van der Waals surface area contributed by atoms with Crippen molar-refractivity contribution in [3.05, 3.63) is 108 Å². The summed E-state index contributed by atoms with van der Waals surface area (Å²) in [6, 6.07) is 16.3. The van der Waals surface area contributed by atoms with Crippen molar-refractivity contribution in [1.82, 2.24) is 49.3 Å². The van der Waals surface area contributed by atoms with Gasteiger partial charge in [0.15, 0.2) is 0 Å². The van der Waals surface area contributed by atoms with Gasteiger partial charge in [-0.15, -0.1) is 0 Å². The molecule has 394 valence electrons. The molecule has 2 aliphatic heterocycles. The standard InChI is InChI=1S/2C24H30N6O2.C6H10O4/c2*1-16(2)32-21-14-30(15-21)23(31)8-7-18-5-6-19(11-17(18)3)22-9-10-25-24(28-22)27-20-12-26-29(4)13-20;7-5(8)3-1-2-4-6(9)10/h2*5-6,9-13,16,21H,7-8,14-15H2,1-4H3,(H,25,27,28);1-4H2,(H,7,8)(H,9,10). The van der Waals surface area contributed by atoms with E-state index in [1.165, 1.54) is 11.1 Å². The molecule has 0 saturated carbocycles. The number of amides is 2. The average Bonchev–Trinajstić information content (AvgIpc) is 3.94. The van der Waals surface area contributed by atoms with Crippen molar-refractivity contribution in [2.75, 3.05) is 36.8 Å². The summed E-state index contributed by atoms with van der Waals surface area (Å²) >= 11 is 0. The first kappa shape index (κ1) is 55.7. The van der Waals surface area contributed by atoms with Crippen molar-refractivity contribution < 1.29 is 38.9 Å². The van der Waals surface area contributed by atoms with Gasteiger partial charge in [-0.25, -0.2) is 19.9 Å². The third-order valence-electron chi connectivity index (χ3n) is 12.1. The van der Waals surface area contributed by atoms with E-state index in [1.54, 1.807) is 34.2 Å². The quantitative estimate of drug-likeness (QED) is 0.0504. The number of carbonyl (C=O) groups is 4. The number of aryl methyl sites for hydroxylation is 6. The summed E-state index contributed by atoms with van der Waals surface area (Å²) in [6.45, 7) is 15.1. The van der Waals surface area contributed by atoms with Gasteiger partial charge in [-0.2, -0.15) is 10.2 Å². The third kappa shape index (κ3) is 17.6. The van der Waals surface area contributed by atoms with Crippen LogP contribution in [0.1, 0.15) is 88.5 Å². The number of carboxylic acids is 2. The van der Waals surface area contributed by atoms with Gasteiger partial charge in [0.25, 0.3) is 0 Å². The van der Waals surface area contributed by atoms with Gasteiger partial charge in [-0.3, -0.25) is 28.5 Å². The van der Waals surface area contributed by atoms with Crippen molar-refractivity contribution >= 4 is 47.0 Å². The number of likely N-dealkylation sites (tertiary alicyclic amines) is 2. The molecular weight excluding hydrogens is 945 g/mol. The molecule has 0 atom stereocenters. The molecule has 6 heterocycles. The average molecular weight is 1020 g/mol. The molecule has 0 aliphatic carbocycles. The smallest absolute Gasteiger partial charge is 0.303 e. The molecule has 4 N–H and O–H groups in total. The number of ether oxygens (including phenoxy) is 2. The minimum atomic E-state index is -0.870. The maximum atomic E-state index is 12.5. The second-order valence-corrected chi connectivity index (χ2v) is 19.1. The number of anilines is 4. The Morgan fingerprint density at radius 2 is 1.00 bits per heavy atom. The van der Waals surface area contributed by atoms with E-state index in [-0.39, 0.29) is 49.1 Å². The maximum Gasteiger partial charge on any atom is 0.303 e. The van der Waals surface area contributed by atoms with Gasteiger partial charge in [0.1, 0.15) is 0 Å². The highest BCUT2D eigenvalue weighted by Gasteiger charge is 2.32. The van der Waals surface area contributed by atoms with Gasteiger partial charge < -0.3 is 40.1 Å². The molecule has 6 aromatic rings. The van der Waals surface area contributed by atoms with Crippen molar-refractivity contribution in [1.29, 1.82) is 0 Å². The Labute approximate surface area is 432 Å². The predicted molar refractivity (Wildman–Crippen MR) is 281 cm³/mol. The maximum absolute atomic E-state index is 12.5. The zero-order valence-electron chi connectivity index (χ0n) is 43.7. The molecule has 2 amide bonds. The summed E-state index contributed by atoms with van der Waals surface area (Å²) in [7, 11) is 3.73. The van der Waals surface area contributed by atoms with E-state index in [0.717, 1.165) is 57.9 Å². The fraction of sp³-hybridized carbons (Fsp3) is 0.444. The molecule has 20 heteroatoms. The van der Waals surface area contributed by atoms with Crippen LogP contribution in [0.25, 0.3) is 22.5 Å². The van der Waals surface area contributed by atoms with Crippen molar-refractivity contribution in [2.24, 2.45) is 14.1 Å². The summed E-state index contributed by atoms with van der Waals surface area (Å²) in [6.07, 6.45) is 15.0. The van der Waals surface area contributed by atoms with Crippen LogP contribution < -0.4 is 10.6 Å². The summed E-state index contributed by atoms with van der Waals surface area (Å²) in [5, 5.41) is 30.9. The van der Waals surface area contributed by atoms with Gasteiger partial charge in [-0.05, 0) is 114 Å². The molecule has 20 nitrogen and oxygen atoms in total. The number of carbonyl (C=O) groups excluding carboxylic acids is 2. The molecule has 0 unspecified atom stereocenters. The molecule has 74 heavy (non-hydrogen) atoms. The molecule has 0 radical (unpaired) electrons. The number of hydrogen-bond donors (Lipinski definition) is 4. The largest absolute Gasteiger partial charge is 0.481 e. The Kier molecular flexibility index (Phi) is 20.3. The topological polar surface area (TPSA) is 245 Å². The Bertz CT molecular complexity index is 2630. The van der Waals surface area contributed by atoms with E-state index in [1.807, 2.05) is 76.1 Å². The lowest BCUT2D eigenvalue weighted by Gasteiger charge is -2.40. The summed E-state index contributed by atoms with van der Waals surface area (Å²) < 4.78 is 14.9. The molecule has 4 aromatic heterocycles. The lowest BCUT2D eigenvalue weighted by Crippen LogP contribution is -2.55. The molecule has 0 bridgehead atoms. The predicted octanol–water partition coefficient (Wildman–Crippen LogP) is 7.71. The van der Waals surface area contributed by atoms with Crippen LogP contribution in [0.5, 0.6) is 0 Å². The number of carboxylic acid groups (broad SMARTS) is 2. The fourth-order valence-electron chi connectivity index (χ4n) is 8.24. The SMILES string of the molecule is Cc1cc(-c2ccnc(Nc3cnn(C)c3)n2)ccc1CCC(=O)N1CC(OC(C)C)C1.Cc1cc(-c2ccnc(Nc3cnn(C)c3)n2)ccc1CCC(=O)N1CC(OC(C)C)C1.O=C(O)CCCCC(=O)O. The molecule has 2 saturated heterocycles. The minimum Gasteiger partial charge on any atom is -0.481 e. The van der Waals surface area contributed by atoms with Crippen LogP contribution in [0.15, 0.2) is 85.7 Å². The summed E-state index contributed by atoms with van der Waals surface area (Å²) in [5.74, 6) is -0.303. The molecule has 2 aromatic carbocycles. The van der Waals surface area contributed by atoms with Crippen LogP contribution in [0, 0.1) is 13.8 Å². The molecular formula is C54H70N12O8. The van der Waals surface area contributed by atoms with Crippen molar-refractivity contribution in [3.8, 4) is 22.5 Å². The highest BCUT2D eigenvalue weighted by atomic mass is 16.5. The van der Waals surface area contributed by atoms with Crippen LogP contribution in [0.3, 0.4) is 0 Å². The van der Waals surface area contributed by atoms with E-state index in [0.29, 0.717) is 63.8 Å². The number of nitrogens with zero attached hydrogens (tertiary/aromatic N) is 10. The highest BCUT2D eigenvalue weighted by Crippen LogP contribution is 2.26. The zero-order chi connectivity index (χ0) is 53.3. The summed E-state index contributed by atoms with van der Waals surface area (Å²) in [5.41, 5.74) is 10.1. The number of benzene rings is 2. The number of unbranched alkanes of at least 4 members (excludes halogenated alkanes) is 1. The number of nitrogens with one attached hydrogen (secondary N) is 2.